The van der Waals surface area contributed by atoms with Crippen molar-refractivity contribution in [2.75, 3.05) is 12.9 Å². The van der Waals surface area contributed by atoms with Crippen LogP contribution in [0.3, 0.4) is 0 Å². The van der Waals surface area contributed by atoms with E-state index in [0.29, 0.717) is 13.0 Å². The smallest absolute Gasteiger partial charge is 0.264 e. The Hall–Kier alpha value is -1.24. The fraction of sp³-hybridized carbons (Fsp3) is 0.462. The number of rotatable bonds is 9. The van der Waals surface area contributed by atoms with Gasteiger partial charge < -0.3 is 9.53 Å². The molecule has 0 bridgehead atoms. The highest BCUT2D eigenvalue weighted by atomic mass is 32.2. The van der Waals surface area contributed by atoms with Crippen LogP contribution in [0.4, 0.5) is 0 Å². The number of hydrogen-bond acceptors (Lipinski definition) is 5. The molecular weight excluding hydrogens is 268 g/mol. The second kappa shape index (κ2) is 8.04. The molecule has 1 atom stereocenters. The van der Waals surface area contributed by atoms with Gasteiger partial charge in [0.05, 0.1) is 19.5 Å². The summed E-state index contributed by atoms with van der Waals surface area (Å²) >= 11 is 0. The van der Waals surface area contributed by atoms with Gasteiger partial charge in [0.15, 0.2) is 0 Å². The minimum absolute atomic E-state index is 0.135. The summed E-state index contributed by atoms with van der Waals surface area (Å²) in [6.07, 6.45) is 1.66. The van der Waals surface area contributed by atoms with Crippen LogP contribution in [0.2, 0.25) is 0 Å². The van der Waals surface area contributed by atoms with Crippen LogP contribution in [-0.4, -0.2) is 33.7 Å². The molecule has 5 nitrogen and oxygen atoms in total. The SMILES string of the molecule is CS(=O)(=O)OC(CCC=O)COCc1ccccc1. The molecule has 0 amide bonds. The predicted molar refractivity (Wildman–Crippen MR) is 71.1 cm³/mol. The normalized spacial score (nSPS) is 13.1. The lowest BCUT2D eigenvalue weighted by Crippen LogP contribution is -2.23. The fourth-order valence-electron chi connectivity index (χ4n) is 1.54. The van der Waals surface area contributed by atoms with Crippen LogP contribution < -0.4 is 0 Å². The van der Waals surface area contributed by atoms with Crippen molar-refractivity contribution >= 4 is 16.4 Å². The third-order valence-corrected chi connectivity index (χ3v) is 2.95. The zero-order chi connectivity index (χ0) is 14.1. The van der Waals surface area contributed by atoms with Crippen molar-refractivity contribution in [1.29, 1.82) is 0 Å². The lowest BCUT2D eigenvalue weighted by molar-refractivity contribution is -0.108. The second-order valence-corrected chi connectivity index (χ2v) is 5.77. The third kappa shape index (κ3) is 7.71. The average Bonchev–Trinajstić information content (AvgIpc) is 2.35. The lowest BCUT2D eigenvalue weighted by atomic mass is 10.2. The van der Waals surface area contributed by atoms with Crippen LogP contribution in [0.25, 0.3) is 0 Å². The van der Waals surface area contributed by atoms with E-state index in [0.717, 1.165) is 18.1 Å². The van der Waals surface area contributed by atoms with Gasteiger partial charge >= 0.3 is 0 Å². The molecular formula is C13H18O5S. The summed E-state index contributed by atoms with van der Waals surface area (Å²) in [5.74, 6) is 0. The van der Waals surface area contributed by atoms with Crippen molar-refractivity contribution < 1.29 is 22.1 Å². The zero-order valence-electron chi connectivity index (χ0n) is 10.8. The van der Waals surface area contributed by atoms with Crippen LogP contribution in [-0.2, 0) is 30.4 Å². The summed E-state index contributed by atoms with van der Waals surface area (Å²) in [5.41, 5.74) is 0.996. The standard InChI is InChI=1S/C13H18O5S/c1-19(15,16)18-13(8-5-9-14)11-17-10-12-6-3-2-4-7-12/h2-4,6-7,9,13H,5,8,10-11H2,1H3. The van der Waals surface area contributed by atoms with Gasteiger partial charge in [0.2, 0.25) is 0 Å². The molecule has 1 aromatic rings. The molecule has 0 radical (unpaired) electrons. The van der Waals surface area contributed by atoms with Gasteiger partial charge in [0.1, 0.15) is 12.4 Å². The van der Waals surface area contributed by atoms with Gasteiger partial charge in [0, 0.05) is 6.42 Å². The maximum Gasteiger partial charge on any atom is 0.264 e. The minimum atomic E-state index is -3.54. The molecule has 0 aliphatic rings. The van der Waals surface area contributed by atoms with E-state index in [1.54, 1.807) is 0 Å². The van der Waals surface area contributed by atoms with Crippen molar-refractivity contribution in [2.24, 2.45) is 0 Å². The molecule has 106 valence electrons. The molecule has 0 saturated carbocycles. The summed E-state index contributed by atoms with van der Waals surface area (Å²) in [7, 11) is -3.54. The largest absolute Gasteiger partial charge is 0.374 e. The number of aldehydes is 1. The van der Waals surface area contributed by atoms with Crippen molar-refractivity contribution in [3.05, 3.63) is 35.9 Å². The minimum Gasteiger partial charge on any atom is -0.374 e. The fourth-order valence-corrected chi connectivity index (χ4v) is 2.19. The van der Waals surface area contributed by atoms with Gasteiger partial charge in [-0.05, 0) is 12.0 Å². The van der Waals surface area contributed by atoms with Crippen molar-refractivity contribution in [1.82, 2.24) is 0 Å². The molecule has 0 fully saturated rings. The van der Waals surface area contributed by atoms with Crippen LogP contribution in [0.5, 0.6) is 0 Å². The van der Waals surface area contributed by atoms with E-state index in [1.807, 2.05) is 30.3 Å². The predicted octanol–water partition coefficient (Wildman–Crippen LogP) is 1.53. The van der Waals surface area contributed by atoms with Crippen molar-refractivity contribution in [3.63, 3.8) is 0 Å². The first-order chi connectivity index (χ1) is 9.01. The molecule has 0 N–H and O–H groups in total. The highest BCUT2D eigenvalue weighted by Crippen LogP contribution is 2.08. The topological polar surface area (TPSA) is 69.7 Å². The van der Waals surface area contributed by atoms with Gasteiger partial charge in [-0.3, -0.25) is 4.18 Å². The van der Waals surface area contributed by atoms with Gasteiger partial charge in [-0.1, -0.05) is 30.3 Å². The first-order valence-corrected chi connectivity index (χ1v) is 7.76. The van der Waals surface area contributed by atoms with E-state index < -0.39 is 16.2 Å². The first-order valence-electron chi connectivity index (χ1n) is 5.95. The summed E-state index contributed by atoms with van der Waals surface area (Å²) in [4.78, 5) is 10.3. The van der Waals surface area contributed by atoms with Crippen molar-refractivity contribution in [2.45, 2.75) is 25.6 Å². The molecule has 0 aliphatic carbocycles. The number of hydrogen-bond donors (Lipinski definition) is 0. The van der Waals surface area contributed by atoms with Gasteiger partial charge in [-0.15, -0.1) is 0 Å². The first kappa shape index (κ1) is 15.8. The Labute approximate surface area is 113 Å². The maximum absolute atomic E-state index is 11.1. The van der Waals surface area contributed by atoms with E-state index >= 15 is 0 Å². The van der Waals surface area contributed by atoms with Gasteiger partial charge in [-0.2, -0.15) is 8.42 Å². The average molecular weight is 286 g/mol. The third-order valence-electron chi connectivity index (χ3n) is 2.33. The van der Waals surface area contributed by atoms with Crippen LogP contribution in [0.15, 0.2) is 30.3 Å². The van der Waals surface area contributed by atoms with Crippen LogP contribution in [0, 0.1) is 0 Å². The molecule has 0 spiro atoms. The second-order valence-electron chi connectivity index (χ2n) is 4.17. The zero-order valence-corrected chi connectivity index (χ0v) is 11.6. The van der Waals surface area contributed by atoms with Crippen LogP contribution >= 0.6 is 0 Å². The Morgan fingerprint density at radius 2 is 1.95 bits per heavy atom. The summed E-state index contributed by atoms with van der Waals surface area (Å²) in [6, 6.07) is 9.53. The highest BCUT2D eigenvalue weighted by Gasteiger charge is 2.15. The summed E-state index contributed by atoms with van der Waals surface area (Å²) < 4.78 is 32.4. The molecule has 0 aromatic heterocycles. The Kier molecular flexibility index (Phi) is 6.69. The van der Waals surface area contributed by atoms with E-state index in [9.17, 15) is 13.2 Å². The molecule has 6 heteroatoms. The van der Waals surface area contributed by atoms with Crippen LogP contribution in [0.1, 0.15) is 18.4 Å². The number of benzene rings is 1. The van der Waals surface area contributed by atoms with E-state index in [4.69, 9.17) is 8.92 Å². The monoisotopic (exact) mass is 286 g/mol. The Bertz CT molecular complexity index is 469. The number of carbonyl (C=O) groups is 1. The molecule has 1 unspecified atom stereocenters. The molecule has 1 rings (SSSR count). The number of ether oxygens (including phenoxy) is 1. The van der Waals surface area contributed by atoms with Crippen molar-refractivity contribution in [3.8, 4) is 0 Å². The summed E-state index contributed by atoms with van der Waals surface area (Å²) in [5, 5.41) is 0. The molecule has 1 aromatic carbocycles. The van der Waals surface area contributed by atoms with E-state index in [2.05, 4.69) is 0 Å². The number of carbonyl (C=O) groups excluding carboxylic acids is 1. The van der Waals surface area contributed by atoms with Gasteiger partial charge in [0.25, 0.3) is 10.1 Å². The lowest BCUT2D eigenvalue weighted by Gasteiger charge is -2.15. The molecule has 0 heterocycles. The Balaban J connectivity index is 2.41. The van der Waals surface area contributed by atoms with Gasteiger partial charge in [-0.25, -0.2) is 0 Å². The summed E-state index contributed by atoms with van der Waals surface area (Å²) in [6.45, 7) is 0.515. The van der Waals surface area contributed by atoms with E-state index in [1.165, 1.54) is 0 Å². The Morgan fingerprint density at radius 1 is 1.26 bits per heavy atom. The quantitative estimate of drug-likeness (QED) is 0.508. The molecule has 0 aliphatic heterocycles. The Morgan fingerprint density at radius 3 is 2.53 bits per heavy atom. The molecule has 19 heavy (non-hydrogen) atoms. The molecule has 0 saturated heterocycles. The van der Waals surface area contributed by atoms with E-state index in [-0.39, 0.29) is 13.0 Å². The highest BCUT2D eigenvalue weighted by molar-refractivity contribution is 7.86. The maximum atomic E-state index is 11.1.